The maximum Gasteiger partial charge on any atom is 0.251 e. The summed E-state index contributed by atoms with van der Waals surface area (Å²) in [5.74, 6) is -11.3. The number of primary amides is 1. The highest BCUT2D eigenvalue weighted by atomic mass is 16.3. The molecular weight excluding hydrogens is 568 g/mol. The van der Waals surface area contributed by atoms with Gasteiger partial charge in [0.1, 0.15) is 5.75 Å². The van der Waals surface area contributed by atoms with Crippen molar-refractivity contribution in [2.24, 2.45) is 29.4 Å². The number of rotatable bonds is 7. The molecule has 3 aliphatic rings. The first kappa shape index (κ1) is 31.2. The number of aromatic hydroxyl groups is 1. The van der Waals surface area contributed by atoms with Crippen molar-refractivity contribution < 1.29 is 39.0 Å². The summed E-state index contributed by atoms with van der Waals surface area (Å²) >= 11 is 0. The van der Waals surface area contributed by atoms with Crippen LogP contribution in [-0.4, -0.2) is 108 Å². The Balaban J connectivity index is 1.56. The Morgan fingerprint density at radius 2 is 1.75 bits per heavy atom. The van der Waals surface area contributed by atoms with Crippen LogP contribution in [0.15, 0.2) is 36.4 Å². The summed E-state index contributed by atoms with van der Waals surface area (Å²) in [5, 5.41) is 25.4. The van der Waals surface area contributed by atoms with Crippen LogP contribution in [0.4, 0.5) is 0 Å². The number of amides is 2. The predicted octanol–water partition coefficient (Wildman–Crippen LogP) is -0.175. The molecule has 0 bridgehead atoms. The van der Waals surface area contributed by atoms with E-state index < -0.39 is 64.4 Å². The second-order valence-electron chi connectivity index (χ2n) is 12.4. The van der Waals surface area contributed by atoms with E-state index in [1.807, 2.05) is 19.0 Å². The highest BCUT2D eigenvalue weighted by Crippen LogP contribution is 2.51. The standard InChI is InChI=1S/C32H36N4O8/c1-35(2)11-10-34-31(43)16-7-5-6-15(12-16)18-8-9-21(37)23-19(18)13-17-14-20-25(36(3)4)27(39)24(30(33)42)29(41)32(20,44)28(40)22(17)26(23)38/h5-9,12,17,20,22,24-25,37,44H,10-11,13-14H2,1-4H3,(H2,33,42)(H,34,43)/t17-,20-,22?,24?,25-,32-/m0/s1. The molecule has 232 valence electrons. The number of phenolic OH excluding ortho intramolecular Hbond substituents is 1. The van der Waals surface area contributed by atoms with Crippen molar-refractivity contribution in [2.45, 2.75) is 24.5 Å². The van der Waals surface area contributed by atoms with Crippen LogP contribution in [0.25, 0.3) is 11.1 Å². The number of fused-ring (bicyclic) bond motifs is 3. The Labute approximate surface area is 254 Å². The van der Waals surface area contributed by atoms with Gasteiger partial charge in [0.15, 0.2) is 34.7 Å². The third-order valence-corrected chi connectivity index (χ3v) is 9.23. The van der Waals surface area contributed by atoms with Gasteiger partial charge in [-0.2, -0.15) is 0 Å². The molecule has 2 aromatic rings. The van der Waals surface area contributed by atoms with E-state index >= 15 is 0 Å². The molecule has 2 aromatic carbocycles. The summed E-state index contributed by atoms with van der Waals surface area (Å²) in [6, 6.07) is 8.63. The fourth-order valence-corrected chi connectivity index (χ4v) is 7.20. The molecule has 2 amide bonds. The monoisotopic (exact) mass is 604 g/mol. The van der Waals surface area contributed by atoms with Gasteiger partial charge in [-0.15, -0.1) is 0 Å². The first-order valence-electron chi connectivity index (χ1n) is 14.4. The van der Waals surface area contributed by atoms with Crippen molar-refractivity contribution in [1.82, 2.24) is 15.1 Å². The number of nitrogens with one attached hydrogen (secondary N) is 1. The van der Waals surface area contributed by atoms with Gasteiger partial charge in [-0.3, -0.25) is 33.7 Å². The summed E-state index contributed by atoms with van der Waals surface area (Å²) in [7, 11) is 6.87. The van der Waals surface area contributed by atoms with Gasteiger partial charge in [0.05, 0.1) is 17.5 Å². The van der Waals surface area contributed by atoms with Crippen molar-refractivity contribution >= 4 is 34.9 Å². The smallest absolute Gasteiger partial charge is 0.251 e. The minimum Gasteiger partial charge on any atom is -0.507 e. The molecule has 0 heterocycles. The third kappa shape index (κ3) is 4.83. The molecular formula is C32H36N4O8. The molecule has 0 radical (unpaired) electrons. The fourth-order valence-electron chi connectivity index (χ4n) is 7.20. The molecule has 6 atom stereocenters. The van der Waals surface area contributed by atoms with E-state index in [1.165, 1.54) is 25.1 Å². The lowest BCUT2D eigenvalue weighted by molar-refractivity contribution is -0.181. The second-order valence-corrected chi connectivity index (χ2v) is 12.4. The summed E-state index contributed by atoms with van der Waals surface area (Å²) < 4.78 is 0. The topological polar surface area (TPSA) is 187 Å². The lowest BCUT2D eigenvalue weighted by Gasteiger charge is -2.52. The number of phenols is 1. The van der Waals surface area contributed by atoms with Crippen LogP contribution in [0, 0.1) is 23.7 Å². The Morgan fingerprint density at radius 1 is 1.05 bits per heavy atom. The Kier molecular flexibility index (Phi) is 8.04. The lowest BCUT2D eigenvalue weighted by atomic mass is 9.52. The zero-order valence-electron chi connectivity index (χ0n) is 25.0. The van der Waals surface area contributed by atoms with E-state index in [1.54, 1.807) is 30.3 Å². The fraction of sp³-hybridized carbons (Fsp3) is 0.438. The maximum absolute atomic E-state index is 14.0. The van der Waals surface area contributed by atoms with Crippen molar-refractivity contribution in [3.8, 4) is 16.9 Å². The van der Waals surface area contributed by atoms with Crippen molar-refractivity contribution in [3.05, 3.63) is 53.1 Å². The number of nitrogens with zero attached hydrogens (tertiary/aromatic N) is 2. The molecule has 44 heavy (non-hydrogen) atoms. The summed E-state index contributed by atoms with van der Waals surface area (Å²) in [6.45, 7) is 1.11. The number of benzene rings is 2. The van der Waals surface area contributed by atoms with E-state index in [-0.39, 0.29) is 30.1 Å². The molecule has 2 saturated carbocycles. The Hall–Kier alpha value is -4.26. The Morgan fingerprint density at radius 3 is 2.39 bits per heavy atom. The average molecular weight is 605 g/mol. The average Bonchev–Trinajstić information content (AvgIpc) is 2.94. The number of aliphatic hydroxyl groups is 1. The number of Topliss-reactive ketones (excluding diaryl/α,β-unsaturated/α-hetero) is 4. The van der Waals surface area contributed by atoms with Crippen molar-refractivity contribution in [3.63, 3.8) is 0 Å². The highest BCUT2D eigenvalue weighted by molar-refractivity contribution is 6.32. The van der Waals surface area contributed by atoms with Gasteiger partial charge >= 0.3 is 0 Å². The van der Waals surface area contributed by atoms with Gasteiger partial charge < -0.3 is 26.2 Å². The van der Waals surface area contributed by atoms with Crippen LogP contribution in [-0.2, 0) is 25.6 Å². The number of likely N-dealkylation sites (N-methyl/N-ethyl adjacent to an activating group) is 2. The number of carbonyl (C=O) groups excluding carboxylic acids is 6. The van der Waals surface area contributed by atoms with Crippen LogP contribution < -0.4 is 11.1 Å². The molecule has 2 fully saturated rings. The minimum absolute atomic E-state index is 0.0483. The molecule has 3 aliphatic carbocycles. The van der Waals surface area contributed by atoms with E-state index in [0.717, 1.165) is 0 Å². The largest absolute Gasteiger partial charge is 0.507 e. The molecule has 5 rings (SSSR count). The van der Waals surface area contributed by atoms with Crippen LogP contribution in [0.1, 0.15) is 32.7 Å². The highest BCUT2D eigenvalue weighted by Gasteiger charge is 2.69. The van der Waals surface area contributed by atoms with Crippen molar-refractivity contribution in [2.75, 3.05) is 41.3 Å². The maximum atomic E-state index is 14.0. The van der Waals surface area contributed by atoms with Gasteiger partial charge in [0.2, 0.25) is 5.91 Å². The van der Waals surface area contributed by atoms with Crippen LogP contribution in [0.5, 0.6) is 5.75 Å². The second kappa shape index (κ2) is 11.3. The lowest BCUT2D eigenvalue weighted by Crippen LogP contribution is -2.74. The molecule has 12 nitrogen and oxygen atoms in total. The third-order valence-electron chi connectivity index (χ3n) is 9.23. The van der Waals surface area contributed by atoms with Gasteiger partial charge in [-0.1, -0.05) is 18.2 Å². The summed E-state index contributed by atoms with van der Waals surface area (Å²) in [4.78, 5) is 83.1. The Bertz CT molecular complexity index is 1600. The quantitative estimate of drug-likeness (QED) is 0.309. The number of hydrogen-bond acceptors (Lipinski definition) is 10. The predicted molar refractivity (Wildman–Crippen MR) is 158 cm³/mol. The molecule has 0 spiro atoms. The van der Waals surface area contributed by atoms with E-state index in [9.17, 15) is 39.0 Å². The summed E-state index contributed by atoms with van der Waals surface area (Å²) in [6.07, 6.45) is 0.0716. The van der Waals surface area contributed by atoms with Crippen LogP contribution >= 0.6 is 0 Å². The minimum atomic E-state index is -2.78. The van der Waals surface area contributed by atoms with Gasteiger partial charge in [0.25, 0.3) is 5.91 Å². The zero-order valence-corrected chi connectivity index (χ0v) is 25.0. The molecule has 0 aliphatic heterocycles. The van der Waals surface area contributed by atoms with Gasteiger partial charge in [-0.05, 0) is 81.8 Å². The molecule has 2 unspecified atom stereocenters. The normalized spacial score (nSPS) is 28.0. The van der Waals surface area contributed by atoms with Crippen LogP contribution in [0.2, 0.25) is 0 Å². The molecule has 0 aromatic heterocycles. The van der Waals surface area contributed by atoms with Gasteiger partial charge in [-0.25, -0.2) is 0 Å². The van der Waals surface area contributed by atoms with Gasteiger partial charge in [0, 0.05) is 24.6 Å². The molecule has 12 heteroatoms. The SMILES string of the molecule is CN(C)CCNC(=O)c1cccc(-c2ccc(O)c3c2C[C@H]2C[C@H]4[C@H](N(C)C)C(=O)C(C(N)=O)C(=O)[C@@]4(O)C(=O)C2C3=O)c1. The van der Waals surface area contributed by atoms with E-state index in [4.69, 9.17) is 5.73 Å². The first-order chi connectivity index (χ1) is 20.7. The molecule has 0 saturated heterocycles. The van der Waals surface area contributed by atoms with Crippen molar-refractivity contribution in [1.29, 1.82) is 0 Å². The number of ketones is 4. The van der Waals surface area contributed by atoms with E-state index in [0.29, 0.717) is 35.3 Å². The number of carbonyl (C=O) groups is 6. The van der Waals surface area contributed by atoms with E-state index in [2.05, 4.69) is 5.32 Å². The first-order valence-corrected chi connectivity index (χ1v) is 14.4. The summed E-state index contributed by atoms with van der Waals surface area (Å²) in [5.41, 5.74) is 4.54. The molecule has 5 N–H and O–H groups in total. The number of hydrogen-bond donors (Lipinski definition) is 4. The number of nitrogens with two attached hydrogens (primary N) is 1. The zero-order chi connectivity index (χ0) is 32.2. The van der Waals surface area contributed by atoms with Crippen LogP contribution in [0.3, 0.4) is 0 Å².